The molecule has 22 heavy (non-hydrogen) atoms. The molecule has 0 aliphatic heterocycles. The molecule has 126 valence electrons. The highest BCUT2D eigenvalue weighted by Crippen LogP contribution is 2.14. The predicted molar refractivity (Wildman–Crippen MR) is 87.9 cm³/mol. The molecule has 0 saturated heterocycles. The van der Waals surface area contributed by atoms with E-state index in [-0.39, 0.29) is 4.90 Å². The summed E-state index contributed by atoms with van der Waals surface area (Å²) < 4.78 is 51.3. The molecule has 0 atom stereocenters. The van der Waals surface area contributed by atoms with Crippen LogP contribution in [0, 0.1) is 0 Å². The van der Waals surface area contributed by atoms with E-state index in [1.165, 1.54) is 24.3 Å². The van der Waals surface area contributed by atoms with Crippen LogP contribution in [-0.4, -0.2) is 54.2 Å². The minimum atomic E-state index is -3.59. The zero-order valence-corrected chi connectivity index (χ0v) is 14.7. The van der Waals surface area contributed by atoms with E-state index in [0.717, 1.165) is 19.3 Å². The Morgan fingerprint density at radius 3 is 2.00 bits per heavy atom. The largest absolute Gasteiger partial charge is 0.303 e. The molecule has 2 N–H and O–H groups in total. The molecule has 0 spiro atoms. The third kappa shape index (κ3) is 6.30. The van der Waals surface area contributed by atoms with E-state index >= 15 is 0 Å². The monoisotopic (exact) mass is 349 g/mol. The third-order valence-corrected chi connectivity index (χ3v) is 5.17. The van der Waals surface area contributed by atoms with Gasteiger partial charge in [-0.1, -0.05) is 13.8 Å². The van der Waals surface area contributed by atoms with Gasteiger partial charge in [0.2, 0.25) is 20.0 Å². The van der Waals surface area contributed by atoms with Crippen molar-refractivity contribution in [2.75, 3.05) is 37.2 Å². The van der Waals surface area contributed by atoms with Crippen molar-refractivity contribution in [3.8, 4) is 0 Å². The number of benzene rings is 1. The van der Waals surface area contributed by atoms with Crippen molar-refractivity contribution in [2.45, 2.75) is 18.7 Å². The normalized spacial score (nSPS) is 12.5. The third-order valence-electron chi connectivity index (χ3n) is 3.08. The molecule has 9 heteroatoms. The number of anilines is 1. The first-order valence-electron chi connectivity index (χ1n) is 6.98. The molecule has 7 nitrogen and oxygen atoms in total. The van der Waals surface area contributed by atoms with Crippen molar-refractivity contribution in [1.29, 1.82) is 0 Å². The Bertz CT molecular complexity index is 666. The highest BCUT2D eigenvalue weighted by atomic mass is 32.2. The average Bonchev–Trinajstić information content (AvgIpc) is 2.42. The SMILES string of the molecule is CCN(CC)CCNS(=O)(=O)c1ccc(NS(C)(=O)=O)cc1. The molecular formula is C13H23N3O4S2. The summed E-state index contributed by atoms with van der Waals surface area (Å²) in [6.45, 7) is 6.73. The zero-order chi connectivity index (χ0) is 16.8. The fraction of sp³-hybridized carbons (Fsp3) is 0.538. The van der Waals surface area contributed by atoms with E-state index in [0.29, 0.717) is 18.8 Å². The minimum absolute atomic E-state index is 0.103. The standard InChI is InChI=1S/C13H23N3O4S2/c1-4-16(5-2)11-10-14-22(19,20)13-8-6-12(7-9-13)15-21(3,17)18/h6-9,14-15H,4-5,10-11H2,1-3H3. The van der Waals surface area contributed by atoms with Gasteiger partial charge in [0, 0.05) is 18.8 Å². The Morgan fingerprint density at radius 2 is 1.55 bits per heavy atom. The predicted octanol–water partition coefficient (Wildman–Crippen LogP) is 0.678. The Balaban J connectivity index is 2.69. The average molecular weight is 349 g/mol. The smallest absolute Gasteiger partial charge is 0.240 e. The summed E-state index contributed by atoms with van der Waals surface area (Å²) in [6, 6.07) is 5.57. The fourth-order valence-electron chi connectivity index (χ4n) is 1.88. The number of nitrogens with one attached hydrogen (secondary N) is 2. The lowest BCUT2D eigenvalue weighted by molar-refractivity contribution is 0.309. The van der Waals surface area contributed by atoms with E-state index in [2.05, 4.69) is 14.3 Å². The van der Waals surface area contributed by atoms with Gasteiger partial charge < -0.3 is 4.90 Å². The first-order valence-corrected chi connectivity index (χ1v) is 10.3. The van der Waals surface area contributed by atoms with Crippen LogP contribution in [0.3, 0.4) is 0 Å². The summed E-state index contributed by atoms with van der Waals surface area (Å²) in [4.78, 5) is 2.22. The van der Waals surface area contributed by atoms with Crippen molar-refractivity contribution < 1.29 is 16.8 Å². The Kier molecular flexibility index (Phi) is 6.79. The molecule has 0 unspecified atom stereocenters. The molecule has 0 heterocycles. The van der Waals surface area contributed by atoms with Crippen LogP contribution in [-0.2, 0) is 20.0 Å². The maximum absolute atomic E-state index is 12.1. The van der Waals surface area contributed by atoms with Crippen molar-refractivity contribution >= 4 is 25.7 Å². The maximum Gasteiger partial charge on any atom is 0.240 e. The lowest BCUT2D eigenvalue weighted by Gasteiger charge is -2.18. The summed E-state index contributed by atoms with van der Waals surface area (Å²) in [6.07, 6.45) is 1.03. The second-order valence-corrected chi connectivity index (χ2v) is 8.34. The molecular weight excluding hydrogens is 326 g/mol. The van der Waals surface area contributed by atoms with Crippen molar-refractivity contribution in [2.24, 2.45) is 0 Å². The molecule has 1 rings (SSSR count). The number of sulfonamides is 2. The number of nitrogens with zero attached hydrogens (tertiary/aromatic N) is 1. The molecule has 0 aliphatic rings. The van der Waals surface area contributed by atoms with Crippen LogP contribution in [0.2, 0.25) is 0 Å². The van der Waals surface area contributed by atoms with Crippen LogP contribution in [0.15, 0.2) is 29.2 Å². The Hall–Kier alpha value is -1.16. The van der Waals surface area contributed by atoms with E-state index in [1.54, 1.807) is 0 Å². The highest BCUT2D eigenvalue weighted by Gasteiger charge is 2.14. The molecule has 0 amide bonds. The van der Waals surface area contributed by atoms with Crippen molar-refractivity contribution in [3.63, 3.8) is 0 Å². The van der Waals surface area contributed by atoms with Gasteiger partial charge in [-0.15, -0.1) is 0 Å². The molecule has 0 bridgehead atoms. The van der Waals surface area contributed by atoms with Crippen LogP contribution in [0.25, 0.3) is 0 Å². The van der Waals surface area contributed by atoms with E-state index in [1.807, 2.05) is 13.8 Å². The van der Waals surface area contributed by atoms with Crippen LogP contribution in [0.1, 0.15) is 13.8 Å². The van der Waals surface area contributed by atoms with E-state index in [4.69, 9.17) is 0 Å². The van der Waals surface area contributed by atoms with E-state index in [9.17, 15) is 16.8 Å². The number of rotatable bonds is 9. The zero-order valence-electron chi connectivity index (χ0n) is 13.0. The van der Waals surface area contributed by atoms with Gasteiger partial charge in [-0.05, 0) is 37.4 Å². The first-order chi connectivity index (χ1) is 10.2. The van der Waals surface area contributed by atoms with Crippen molar-refractivity contribution in [3.05, 3.63) is 24.3 Å². The van der Waals surface area contributed by atoms with Crippen LogP contribution in [0.5, 0.6) is 0 Å². The van der Waals surface area contributed by atoms with Gasteiger partial charge in [0.15, 0.2) is 0 Å². The summed E-state index contributed by atoms with van der Waals surface area (Å²) in [5, 5.41) is 0. The van der Waals surface area contributed by atoms with Crippen molar-refractivity contribution in [1.82, 2.24) is 9.62 Å². The Labute approximate surface area is 132 Å². The van der Waals surface area contributed by atoms with Gasteiger partial charge in [0.05, 0.1) is 11.2 Å². The van der Waals surface area contributed by atoms with Gasteiger partial charge in [0.1, 0.15) is 0 Å². The van der Waals surface area contributed by atoms with Gasteiger partial charge >= 0.3 is 0 Å². The molecule has 0 saturated carbocycles. The van der Waals surface area contributed by atoms with Crippen LogP contribution >= 0.6 is 0 Å². The number of likely N-dealkylation sites (N-methyl/N-ethyl adjacent to an activating group) is 1. The van der Waals surface area contributed by atoms with Gasteiger partial charge in [0.25, 0.3) is 0 Å². The Morgan fingerprint density at radius 1 is 1.00 bits per heavy atom. The summed E-state index contributed by atoms with van der Waals surface area (Å²) in [5.41, 5.74) is 0.324. The minimum Gasteiger partial charge on any atom is -0.303 e. The van der Waals surface area contributed by atoms with Gasteiger partial charge in [-0.2, -0.15) is 0 Å². The maximum atomic E-state index is 12.1. The molecule has 1 aromatic rings. The molecule has 0 aliphatic carbocycles. The van der Waals surface area contributed by atoms with E-state index < -0.39 is 20.0 Å². The molecule has 0 fully saturated rings. The number of hydrogen-bond donors (Lipinski definition) is 2. The second kappa shape index (κ2) is 7.91. The van der Waals surface area contributed by atoms with Gasteiger partial charge in [-0.25, -0.2) is 21.6 Å². The molecule has 1 aromatic carbocycles. The molecule has 0 radical (unpaired) electrons. The number of hydrogen-bond acceptors (Lipinski definition) is 5. The van der Waals surface area contributed by atoms with Crippen LogP contribution in [0.4, 0.5) is 5.69 Å². The topological polar surface area (TPSA) is 95.6 Å². The quantitative estimate of drug-likeness (QED) is 0.683. The second-order valence-electron chi connectivity index (χ2n) is 4.82. The highest BCUT2D eigenvalue weighted by molar-refractivity contribution is 7.92. The molecule has 0 aromatic heterocycles. The first kappa shape index (κ1) is 18.9. The van der Waals surface area contributed by atoms with Crippen LogP contribution < -0.4 is 9.44 Å². The lowest BCUT2D eigenvalue weighted by Crippen LogP contribution is -2.34. The summed E-state index contributed by atoms with van der Waals surface area (Å²) in [7, 11) is -6.96. The lowest BCUT2D eigenvalue weighted by atomic mass is 10.3. The summed E-state index contributed by atoms with van der Waals surface area (Å²) >= 11 is 0. The fourth-order valence-corrected chi connectivity index (χ4v) is 3.46. The summed E-state index contributed by atoms with van der Waals surface area (Å²) in [5.74, 6) is 0. The van der Waals surface area contributed by atoms with Gasteiger partial charge in [-0.3, -0.25) is 4.72 Å².